The van der Waals surface area contributed by atoms with Gasteiger partial charge < -0.3 is 0 Å². The van der Waals surface area contributed by atoms with Crippen molar-refractivity contribution in [3.63, 3.8) is 0 Å². The molecule has 3 heteroatoms. The van der Waals surface area contributed by atoms with Gasteiger partial charge in [0.2, 0.25) is 0 Å². The van der Waals surface area contributed by atoms with E-state index in [1.165, 1.54) is 19.3 Å². The molecule has 3 heterocycles. The molecule has 104 valence electrons. The van der Waals surface area contributed by atoms with Crippen molar-refractivity contribution < 1.29 is 0 Å². The molecule has 3 aliphatic rings. The lowest BCUT2D eigenvalue weighted by atomic mass is 9.72. The normalized spacial score (nSPS) is 56.7. The molecule has 0 bridgehead atoms. The zero-order chi connectivity index (χ0) is 12.9. The first kappa shape index (κ1) is 12.9. The molecule has 3 nitrogen and oxygen atoms in total. The van der Waals surface area contributed by atoms with Crippen molar-refractivity contribution in [2.24, 2.45) is 23.7 Å². The minimum atomic E-state index is 0.533. The minimum absolute atomic E-state index is 0.533. The van der Waals surface area contributed by atoms with E-state index in [0.29, 0.717) is 24.4 Å². The highest BCUT2D eigenvalue weighted by atomic mass is 15.3. The number of nitrogens with one attached hydrogen (secondary N) is 3. The van der Waals surface area contributed by atoms with E-state index in [1.54, 1.807) is 0 Å². The first-order valence-electron chi connectivity index (χ1n) is 7.82. The molecule has 18 heavy (non-hydrogen) atoms. The Morgan fingerprint density at radius 1 is 0.611 bits per heavy atom. The average molecular weight is 251 g/mol. The highest BCUT2D eigenvalue weighted by molar-refractivity contribution is 4.98. The molecule has 0 aromatic carbocycles. The Morgan fingerprint density at radius 2 is 1.06 bits per heavy atom. The van der Waals surface area contributed by atoms with Crippen LogP contribution in [0.4, 0.5) is 0 Å². The van der Waals surface area contributed by atoms with Crippen molar-refractivity contribution in [2.45, 2.75) is 71.4 Å². The van der Waals surface area contributed by atoms with Crippen molar-refractivity contribution in [1.82, 2.24) is 16.0 Å². The molecule has 8 unspecified atom stereocenters. The van der Waals surface area contributed by atoms with Gasteiger partial charge in [0.05, 0.1) is 12.3 Å². The van der Waals surface area contributed by atoms with Crippen LogP contribution in [0.3, 0.4) is 0 Å². The van der Waals surface area contributed by atoms with Gasteiger partial charge in [-0.1, -0.05) is 13.8 Å². The van der Waals surface area contributed by atoms with Crippen molar-refractivity contribution in [3.05, 3.63) is 0 Å². The summed E-state index contributed by atoms with van der Waals surface area (Å²) in [6.07, 6.45) is 5.24. The van der Waals surface area contributed by atoms with E-state index in [4.69, 9.17) is 0 Å². The van der Waals surface area contributed by atoms with Crippen LogP contribution in [0.1, 0.15) is 47.0 Å². The molecule has 3 N–H and O–H groups in total. The van der Waals surface area contributed by atoms with Crippen LogP contribution in [0.5, 0.6) is 0 Å². The number of rotatable bonds is 0. The standard InChI is InChI=1S/C15H29N3/c1-8-5-12-7-13-6-9(2)11(4)17-15(13)18-14(12)16-10(8)3/h8-18H,5-7H2,1-4H3. The summed E-state index contributed by atoms with van der Waals surface area (Å²) in [5, 5.41) is 11.4. The number of piperidine rings is 3. The zero-order valence-corrected chi connectivity index (χ0v) is 12.2. The van der Waals surface area contributed by atoms with Gasteiger partial charge in [0.25, 0.3) is 0 Å². The second kappa shape index (κ2) is 4.77. The summed E-state index contributed by atoms with van der Waals surface area (Å²) in [5.41, 5.74) is 0. The molecular weight excluding hydrogens is 222 g/mol. The fourth-order valence-corrected chi connectivity index (χ4v) is 4.22. The molecule has 3 rings (SSSR count). The van der Waals surface area contributed by atoms with Crippen molar-refractivity contribution in [3.8, 4) is 0 Å². The Balaban J connectivity index is 1.69. The topological polar surface area (TPSA) is 36.1 Å². The van der Waals surface area contributed by atoms with Crippen molar-refractivity contribution >= 4 is 0 Å². The summed E-state index contributed by atoms with van der Waals surface area (Å²) < 4.78 is 0. The van der Waals surface area contributed by atoms with Crippen LogP contribution in [-0.4, -0.2) is 24.4 Å². The molecule has 3 aliphatic heterocycles. The van der Waals surface area contributed by atoms with Gasteiger partial charge in [-0.05, 0) is 56.8 Å². The maximum Gasteiger partial charge on any atom is 0.0615 e. The van der Waals surface area contributed by atoms with E-state index in [-0.39, 0.29) is 0 Å². The predicted octanol–water partition coefficient (Wildman–Crippen LogP) is 1.90. The Hall–Kier alpha value is -0.120. The van der Waals surface area contributed by atoms with E-state index in [1.807, 2.05) is 0 Å². The Kier molecular flexibility index (Phi) is 3.41. The predicted molar refractivity (Wildman–Crippen MR) is 75.1 cm³/mol. The number of hydrogen-bond donors (Lipinski definition) is 3. The summed E-state index contributed by atoms with van der Waals surface area (Å²) in [5.74, 6) is 3.30. The van der Waals surface area contributed by atoms with E-state index in [0.717, 1.165) is 23.7 Å². The van der Waals surface area contributed by atoms with Crippen LogP contribution in [0.25, 0.3) is 0 Å². The second-order valence-electron chi connectivity index (χ2n) is 7.21. The monoisotopic (exact) mass is 251 g/mol. The average Bonchev–Trinajstić information content (AvgIpc) is 2.31. The van der Waals surface area contributed by atoms with Gasteiger partial charge in [-0.15, -0.1) is 0 Å². The Morgan fingerprint density at radius 3 is 1.50 bits per heavy atom. The summed E-state index contributed by atoms with van der Waals surface area (Å²) in [4.78, 5) is 0. The summed E-state index contributed by atoms with van der Waals surface area (Å²) in [6, 6.07) is 1.30. The van der Waals surface area contributed by atoms with Gasteiger partial charge in [-0.3, -0.25) is 16.0 Å². The number of fused-ring (bicyclic) bond motifs is 2. The van der Waals surface area contributed by atoms with E-state index >= 15 is 0 Å². The molecule has 8 atom stereocenters. The van der Waals surface area contributed by atoms with E-state index < -0.39 is 0 Å². The lowest BCUT2D eigenvalue weighted by molar-refractivity contribution is 0.0217. The van der Waals surface area contributed by atoms with Crippen LogP contribution in [0.15, 0.2) is 0 Å². The van der Waals surface area contributed by atoms with Gasteiger partial charge in [-0.2, -0.15) is 0 Å². The molecule has 3 fully saturated rings. The maximum absolute atomic E-state index is 3.84. The third-order valence-electron chi connectivity index (χ3n) is 5.85. The van der Waals surface area contributed by atoms with Crippen LogP contribution in [0, 0.1) is 23.7 Å². The van der Waals surface area contributed by atoms with Gasteiger partial charge in [0.1, 0.15) is 0 Å². The molecule has 0 radical (unpaired) electrons. The summed E-state index contributed by atoms with van der Waals surface area (Å²) in [6.45, 7) is 9.44. The third kappa shape index (κ3) is 2.21. The van der Waals surface area contributed by atoms with Gasteiger partial charge in [-0.25, -0.2) is 0 Å². The molecular formula is C15H29N3. The largest absolute Gasteiger partial charge is 0.299 e. The zero-order valence-electron chi connectivity index (χ0n) is 12.2. The summed E-state index contributed by atoms with van der Waals surface area (Å²) in [7, 11) is 0. The van der Waals surface area contributed by atoms with Crippen molar-refractivity contribution in [2.75, 3.05) is 0 Å². The first-order valence-corrected chi connectivity index (χ1v) is 7.82. The van der Waals surface area contributed by atoms with E-state index in [9.17, 15) is 0 Å². The third-order valence-corrected chi connectivity index (χ3v) is 5.85. The van der Waals surface area contributed by atoms with E-state index in [2.05, 4.69) is 43.6 Å². The fraction of sp³-hybridized carbons (Fsp3) is 1.00. The van der Waals surface area contributed by atoms with Crippen molar-refractivity contribution in [1.29, 1.82) is 0 Å². The second-order valence-corrected chi connectivity index (χ2v) is 7.21. The highest BCUT2D eigenvalue weighted by Gasteiger charge is 2.43. The Bertz CT molecular complexity index is 248. The Labute approximate surface area is 111 Å². The van der Waals surface area contributed by atoms with Crippen LogP contribution in [0.2, 0.25) is 0 Å². The maximum atomic E-state index is 3.84. The molecule has 0 aromatic heterocycles. The van der Waals surface area contributed by atoms with Gasteiger partial charge >= 0.3 is 0 Å². The highest BCUT2D eigenvalue weighted by Crippen LogP contribution is 2.38. The molecule has 0 saturated carbocycles. The quantitative estimate of drug-likeness (QED) is 0.615. The smallest absolute Gasteiger partial charge is 0.0615 e. The fourth-order valence-electron chi connectivity index (χ4n) is 4.22. The SMILES string of the molecule is CC1CC2CC3CC(C)C(C)NC3NC2NC1C. The van der Waals surface area contributed by atoms with Crippen LogP contribution in [-0.2, 0) is 0 Å². The lowest BCUT2D eigenvalue weighted by Gasteiger charge is -2.52. The molecule has 0 amide bonds. The molecule has 3 saturated heterocycles. The first-order chi connectivity index (χ1) is 8.54. The van der Waals surface area contributed by atoms with Gasteiger partial charge in [0.15, 0.2) is 0 Å². The molecule has 0 spiro atoms. The minimum Gasteiger partial charge on any atom is -0.299 e. The lowest BCUT2D eigenvalue weighted by Crippen LogP contribution is -2.69. The molecule has 0 aromatic rings. The molecule has 0 aliphatic carbocycles. The van der Waals surface area contributed by atoms with Gasteiger partial charge in [0, 0.05) is 12.1 Å². The summed E-state index contributed by atoms with van der Waals surface area (Å²) >= 11 is 0. The van der Waals surface area contributed by atoms with Crippen LogP contribution >= 0.6 is 0 Å². The number of hydrogen-bond acceptors (Lipinski definition) is 3. The van der Waals surface area contributed by atoms with Crippen LogP contribution < -0.4 is 16.0 Å².